The SMILES string of the molecule is Cc1cc(C)cc(N2C(=O)CS[C@H]2c2ccc(NC(=O)c3ccc(C(C)(C)C)cc3)cc2)c1. The van der Waals surface area contributed by atoms with Crippen molar-refractivity contribution in [3.05, 3.63) is 94.5 Å². The summed E-state index contributed by atoms with van der Waals surface area (Å²) in [5.74, 6) is 0.442. The Morgan fingerprint density at radius 3 is 2.12 bits per heavy atom. The van der Waals surface area contributed by atoms with E-state index in [2.05, 4.69) is 44.3 Å². The van der Waals surface area contributed by atoms with Gasteiger partial charge in [-0.1, -0.05) is 51.1 Å². The molecule has 170 valence electrons. The summed E-state index contributed by atoms with van der Waals surface area (Å²) < 4.78 is 0. The van der Waals surface area contributed by atoms with Gasteiger partial charge in [0.05, 0.1) is 5.75 Å². The van der Waals surface area contributed by atoms with Crippen molar-refractivity contribution in [3.63, 3.8) is 0 Å². The number of amides is 2. The van der Waals surface area contributed by atoms with Gasteiger partial charge in [-0.15, -0.1) is 11.8 Å². The minimum absolute atomic E-state index is 0.0511. The predicted molar refractivity (Wildman–Crippen MR) is 138 cm³/mol. The molecule has 4 nitrogen and oxygen atoms in total. The zero-order chi connectivity index (χ0) is 23.8. The molecule has 0 aromatic heterocycles. The van der Waals surface area contributed by atoms with Gasteiger partial charge in [-0.3, -0.25) is 14.5 Å². The van der Waals surface area contributed by atoms with Gasteiger partial charge in [0.1, 0.15) is 5.37 Å². The fraction of sp³-hybridized carbons (Fsp3) is 0.286. The van der Waals surface area contributed by atoms with Crippen molar-refractivity contribution in [3.8, 4) is 0 Å². The molecule has 0 bridgehead atoms. The van der Waals surface area contributed by atoms with Gasteiger partial charge >= 0.3 is 0 Å². The smallest absolute Gasteiger partial charge is 0.255 e. The molecule has 1 N–H and O–H groups in total. The first-order valence-electron chi connectivity index (χ1n) is 11.2. The molecule has 0 unspecified atom stereocenters. The van der Waals surface area contributed by atoms with Crippen LogP contribution < -0.4 is 10.2 Å². The molecule has 33 heavy (non-hydrogen) atoms. The zero-order valence-electron chi connectivity index (χ0n) is 19.8. The van der Waals surface area contributed by atoms with Gasteiger partial charge in [0.2, 0.25) is 5.91 Å². The van der Waals surface area contributed by atoms with Crippen LogP contribution in [0.15, 0.2) is 66.7 Å². The summed E-state index contributed by atoms with van der Waals surface area (Å²) in [6, 6.07) is 21.8. The molecular formula is C28H30N2O2S. The van der Waals surface area contributed by atoms with Crippen LogP contribution >= 0.6 is 11.8 Å². The number of rotatable bonds is 4. The molecule has 4 rings (SSSR count). The summed E-state index contributed by atoms with van der Waals surface area (Å²) in [7, 11) is 0. The number of hydrogen-bond donors (Lipinski definition) is 1. The number of aryl methyl sites for hydroxylation is 2. The van der Waals surface area contributed by atoms with Gasteiger partial charge in [-0.25, -0.2) is 0 Å². The van der Waals surface area contributed by atoms with E-state index in [1.54, 1.807) is 11.8 Å². The fourth-order valence-corrected chi connectivity index (χ4v) is 5.27. The first kappa shape index (κ1) is 23.1. The van der Waals surface area contributed by atoms with Gasteiger partial charge in [0, 0.05) is 16.9 Å². The largest absolute Gasteiger partial charge is 0.322 e. The normalized spacial score (nSPS) is 16.2. The highest BCUT2D eigenvalue weighted by Gasteiger charge is 2.34. The summed E-state index contributed by atoms with van der Waals surface area (Å²) in [5.41, 5.74) is 6.86. The van der Waals surface area contributed by atoms with Crippen LogP contribution in [0.25, 0.3) is 0 Å². The monoisotopic (exact) mass is 458 g/mol. The average Bonchev–Trinajstić information content (AvgIpc) is 3.14. The Morgan fingerprint density at radius 1 is 0.939 bits per heavy atom. The number of anilines is 2. The zero-order valence-corrected chi connectivity index (χ0v) is 20.6. The summed E-state index contributed by atoms with van der Waals surface area (Å²) in [6.45, 7) is 10.6. The van der Waals surface area contributed by atoms with Crippen LogP contribution in [-0.2, 0) is 10.2 Å². The minimum atomic E-state index is -0.134. The van der Waals surface area contributed by atoms with Crippen LogP contribution in [0.1, 0.15) is 58.8 Å². The third-order valence-electron chi connectivity index (χ3n) is 5.82. The molecule has 0 spiro atoms. The molecule has 1 aliphatic rings. The van der Waals surface area contributed by atoms with Crippen molar-refractivity contribution in [1.29, 1.82) is 0 Å². The third-order valence-corrected chi connectivity index (χ3v) is 7.03. The second-order valence-electron chi connectivity index (χ2n) is 9.68. The second-order valence-corrected chi connectivity index (χ2v) is 10.7. The van der Waals surface area contributed by atoms with E-state index < -0.39 is 0 Å². The lowest BCUT2D eigenvalue weighted by Gasteiger charge is -2.25. The molecule has 0 radical (unpaired) electrons. The first-order chi connectivity index (χ1) is 15.6. The highest BCUT2D eigenvalue weighted by Crippen LogP contribution is 2.42. The van der Waals surface area contributed by atoms with Gasteiger partial charge in [-0.05, 0) is 77.9 Å². The molecule has 1 fully saturated rings. The number of hydrogen-bond acceptors (Lipinski definition) is 3. The van der Waals surface area contributed by atoms with E-state index in [-0.39, 0.29) is 22.6 Å². The van der Waals surface area contributed by atoms with E-state index in [9.17, 15) is 9.59 Å². The summed E-state index contributed by atoms with van der Waals surface area (Å²) in [4.78, 5) is 27.3. The van der Waals surface area contributed by atoms with Gasteiger partial charge in [0.25, 0.3) is 5.91 Å². The van der Waals surface area contributed by atoms with Crippen LogP contribution in [0.5, 0.6) is 0 Å². The van der Waals surface area contributed by atoms with Crippen LogP contribution in [-0.4, -0.2) is 17.6 Å². The van der Waals surface area contributed by atoms with E-state index >= 15 is 0 Å². The molecule has 1 saturated heterocycles. The van der Waals surface area contributed by atoms with Gasteiger partial charge in [0.15, 0.2) is 0 Å². The number of nitrogens with zero attached hydrogens (tertiary/aromatic N) is 1. The predicted octanol–water partition coefficient (Wildman–Crippen LogP) is 6.63. The van der Waals surface area contributed by atoms with E-state index in [0.29, 0.717) is 11.3 Å². The van der Waals surface area contributed by atoms with Crippen LogP contribution in [0.4, 0.5) is 11.4 Å². The number of nitrogens with one attached hydrogen (secondary N) is 1. The van der Waals surface area contributed by atoms with E-state index in [4.69, 9.17) is 0 Å². The van der Waals surface area contributed by atoms with E-state index in [1.807, 2.05) is 67.3 Å². The molecule has 3 aromatic rings. The van der Waals surface area contributed by atoms with Crippen LogP contribution in [0.2, 0.25) is 0 Å². The Labute approximate surface area is 200 Å². The second kappa shape index (κ2) is 9.06. The van der Waals surface area contributed by atoms with E-state index in [0.717, 1.165) is 28.1 Å². The maximum atomic E-state index is 12.7. The van der Waals surface area contributed by atoms with Crippen molar-refractivity contribution in [2.45, 2.75) is 45.4 Å². The Bertz CT molecular complexity index is 1160. The molecule has 0 aliphatic carbocycles. The lowest BCUT2D eigenvalue weighted by atomic mass is 9.87. The molecule has 1 heterocycles. The standard InChI is InChI=1S/C28H30N2O2S/c1-18-14-19(2)16-24(15-18)30-25(31)17-33-27(30)21-8-12-23(13-9-21)29-26(32)20-6-10-22(11-7-20)28(3,4)5/h6-16,27H,17H2,1-5H3,(H,29,32)/t27-/m0/s1. The lowest BCUT2D eigenvalue weighted by molar-refractivity contribution is -0.115. The Hall–Kier alpha value is -3.05. The molecular weight excluding hydrogens is 428 g/mol. The van der Waals surface area contributed by atoms with Crippen molar-refractivity contribution in [1.82, 2.24) is 0 Å². The lowest BCUT2D eigenvalue weighted by Crippen LogP contribution is -2.28. The Kier molecular flexibility index (Phi) is 6.35. The molecule has 0 saturated carbocycles. The number of benzene rings is 3. The van der Waals surface area contributed by atoms with Gasteiger partial charge in [-0.2, -0.15) is 0 Å². The number of carbonyl (C=O) groups excluding carboxylic acids is 2. The van der Waals surface area contributed by atoms with Crippen molar-refractivity contribution in [2.75, 3.05) is 16.0 Å². The van der Waals surface area contributed by atoms with Crippen LogP contribution in [0.3, 0.4) is 0 Å². The third kappa shape index (κ3) is 5.14. The minimum Gasteiger partial charge on any atom is -0.322 e. The molecule has 5 heteroatoms. The van der Waals surface area contributed by atoms with Crippen molar-refractivity contribution in [2.24, 2.45) is 0 Å². The van der Waals surface area contributed by atoms with Gasteiger partial charge < -0.3 is 5.32 Å². The van der Waals surface area contributed by atoms with Crippen molar-refractivity contribution < 1.29 is 9.59 Å². The Morgan fingerprint density at radius 2 is 1.55 bits per heavy atom. The molecule has 1 aliphatic heterocycles. The molecule has 2 amide bonds. The van der Waals surface area contributed by atoms with Crippen molar-refractivity contribution >= 4 is 35.0 Å². The maximum absolute atomic E-state index is 12.7. The van der Waals surface area contributed by atoms with E-state index in [1.165, 1.54) is 5.56 Å². The van der Waals surface area contributed by atoms with Crippen LogP contribution in [0, 0.1) is 13.8 Å². The summed E-state index contributed by atoms with van der Waals surface area (Å²) in [6.07, 6.45) is 0. The highest BCUT2D eigenvalue weighted by molar-refractivity contribution is 8.00. The summed E-state index contributed by atoms with van der Waals surface area (Å²) in [5, 5.41) is 2.90. The fourth-order valence-electron chi connectivity index (χ4n) is 4.10. The Balaban J connectivity index is 1.49. The topological polar surface area (TPSA) is 49.4 Å². The number of thioether (sulfide) groups is 1. The summed E-state index contributed by atoms with van der Waals surface area (Å²) >= 11 is 1.63. The molecule has 3 aromatic carbocycles. The average molecular weight is 459 g/mol. The maximum Gasteiger partial charge on any atom is 0.255 e. The quantitative estimate of drug-likeness (QED) is 0.477. The highest BCUT2D eigenvalue weighted by atomic mass is 32.2. The first-order valence-corrected chi connectivity index (χ1v) is 12.2. The molecule has 1 atom stereocenters. The number of carbonyl (C=O) groups is 2.